The molecule has 31 heavy (non-hydrogen) atoms. The van der Waals surface area contributed by atoms with Crippen molar-refractivity contribution in [1.82, 2.24) is 0 Å². The van der Waals surface area contributed by atoms with Crippen LogP contribution in [0.3, 0.4) is 0 Å². The summed E-state index contributed by atoms with van der Waals surface area (Å²) in [5.41, 5.74) is 2.14. The number of methoxy groups -OCH3 is 1. The lowest BCUT2D eigenvalue weighted by Gasteiger charge is -2.14. The van der Waals surface area contributed by atoms with Crippen LogP contribution >= 0.6 is 47.2 Å². The van der Waals surface area contributed by atoms with Crippen LogP contribution in [0.4, 0.5) is 17.1 Å². The molecule has 0 radical (unpaired) electrons. The third-order valence-corrected chi connectivity index (χ3v) is 5.60. The molecule has 3 N–H and O–H groups in total. The van der Waals surface area contributed by atoms with E-state index in [0.717, 1.165) is 16.3 Å². The van der Waals surface area contributed by atoms with Crippen molar-refractivity contribution in [2.45, 2.75) is 4.90 Å². The Bertz CT molecular complexity index is 1080. The van der Waals surface area contributed by atoms with Gasteiger partial charge in [0.1, 0.15) is 5.75 Å². The molecule has 1 amide bonds. The second-order valence-corrected chi connectivity index (χ2v) is 8.63. The van der Waals surface area contributed by atoms with Gasteiger partial charge in [-0.3, -0.25) is 4.79 Å². The summed E-state index contributed by atoms with van der Waals surface area (Å²) in [6, 6.07) is 20.1. The molecule has 0 atom stereocenters. The standard InChI is InChI=1S/C22H19Cl2N3O2S2/c1-29-20-8-3-2-7-19(20)27-22(30)26-16-5-4-6-18(12-16)31-13-21(28)25-17-10-14(23)9-15(24)11-17/h2-12H,13H2,1H3,(H,25,28)(H2,26,27,30). The molecule has 0 heterocycles. The van der Waals surface area contributed by atoms with E-state index in [-0.39, 0.29) is 11.7 Å². The van der Waals surface area contributed by atoms with Crippen molar-refractivity contribution in [2.24, 2.45) is 0 Å². The van der Waals surface area contributed by atoms with E-state index in [2.05, 4.69) is 16.0 Å². The van der Waals surface area contributed by atoms with E-state index in [4.69, 9.17) is 40.2 Å². The van der Waals surface area contributed by atoms with Crippen LogP contribution in [0.25, 0.3) is 0 Å². The molecule has 0 unspecified atom stereocenters. The fourth-order valence-electron chi connectivity index (χ4n) is 2.67. The fraction of sp³-hybridized carbons (Fsp3) is 0.0909. The number of hydrogen-bond acceptors (Lipinski definition) is 4. The molecule has 0 aliphatic heterocycles. The third kappa shape index (κ3) is 7.33. The first-order valence-corrected chi connectivity index (χ1v) is 11.3. The lowest BCUT2D eigenvalue weighted by Crippen LogP contribution is -2.19. The van der Waals surface area contributed by atoms with Crippen LogP contribution in [0.5, 0.6) is 5.75 Å². The normalized spacial score (nSPS) is 10.3. The number of thioether (sulfide) groups is 1. The van der Waals surface area contributed by atoms with Crippen molar-refractivity contribution in [1.29, 1.82) is 0 Å². The minimum absolute atomic E-state index is 0.157. The van der Waals surface area contributed by atoms with Gasteiger partial charge in [0.15, 0.2) is 5.11 Å². The predicted octanol–water partition coefficient (Wildman–Crippen LogP) is 6.54. The van der Waals surface area contributed by atoms with Gasteiger partial charge >= 0.3 is 0 Å². The molecule has 0 spiro atoms. The zero-order valence-corrected chi connectivity index (χ0v) is 19.6. The van der Waals surface area contributed by atoms with Crippen LogP contribution in [0.15, 0.2) is 71.6 Å². The minimum atomic E-state index is -0.157. The van der Waals surface area contributed by atoms with Gasteiger partial charge in [-0.2, -0.15) is 0 Å². The van der Waals surface area contributed by atoms with E-state index in [1.165, 1.54) is 11.8 Å². The summed E-state index contributed by atoms with van der Waals surface area (Å²) in [6.45, 7) is 0. The number of carbonyl (C=O) groups excluding carboxylic acids is 1. The average Bonchev–Trinajstić information content (AvgIpc) is 2.72. The van der Waals surface area contributed by atoms with Gasteiger partial charge < -0.3 is 20.7 Å². The second kappa shape index (κ2) is 11.2. The average molecular weight is 492 g/mol. The van der Waals surface area contributed by atoms with Gasteiger partial charge in [0.05, 0.1) is 18.6 Å². The van der Waals surface area contributed by atoms with E-state index in [1.54, 1.807) is 25.3 Å². The number of ether oxygens (including phenoxy) is 1. The fourth-order valence-corrected chi connectivity index (χ4v) is 4.18. The van der Waals surface area contributed by atoms with Gasteiger partial charge in [-0.1, -0.05) is 41.4 Å². The van der Waals surface area contributed by atoms with Gasteiger partial charge in [-0.05, 0) is 60.7 Å². The molecule has 0 saturated heterocycles. The SMILES string of the molecule is COc1ccccc1NC(=S)Nc1cccc(SCC(=O)Nc2cc(Cl)cc(Cl)c2)c1. The zero-order chi connectivity index (χ0) is 22.2. The van der Waals surface area contributed by atoms with Crippen molar-refractivity contribution < 1.29 is 9.53 Å². The molecular weight excluding hydrogens is 473 g/mol. The van der Waals surface area contributed by atoms with E-state index in [9.17, 15) is 4.79 Å². The van der Waals surface area contributed by atoms with Crippen molar-refractivity contribution in [3.63, 3.8) is 0 Å². The highest BCUT2D eigenvalue weighted by Gasteiger charge is 2.08. The lowest BCUT2D eigenvalue weighted by atomic mass is 10.3. The number of hydrogen-bond donors (Lipinski definition) is 3. The summed E-state index contributed by atoms with van der Waals surface area (Å²) in [6.07, 6.45) is 0. The molecule has 5 nitrogen and oxygen atoms in total. The van der Waals surface area contributed by atoms with Gasteiger partial charge in [-0.25, -0.2) is 0 Å². The van der Waals surface area contributed by atoms with Gasteiger partial charge in [0.2, 0.25) is 5.91 Å². The number of para-hydroxylation sites is 2. The van der Waals surface area contributed by atoms with Gasteiger partial charge in [0, 0.05) is 26.3 Å². The first kappa shape index (κ1) is 23.2. The van der Waals surface area contributed by atoms with E-state index in [0.29, 0.717) is 26.6 Å². The monoisotopic (exact) mass is 491 g/mol. The number of halogens is 2. The predicted molar refractivity (Wildman–Crippen MR) is 135 cm³/mol. The Balaban J connectivity index is 1.55. The largest absolute Gasteiger partial charge is 0.495 e. The van der Waals surface area contributed by atoms with Crippen molar-refractivity contribution >= 4 is 75.3 Å². The summed E-state index contributed by atoms with van der Waals surface area (Å²) in [7, 11) is 1.61. The number of carbonyl (C=O) groups is 1. The smallest absolute Gasteiger partial charge is 0.234 e. The van der Waals surface area contributed by atoms with Crippen LogP contribution in [0, 0.1) is 0 Å². The Hall–Kier alpha value is -2.45. The van der Waals surface area contributed by atoms with Crippen LogP contribution < -0.4 is 20.7 Å². The molecule has 0 saturated carbocycles. The molecule has 0 aromatic heterocycles. The molecule has 0 aliphatic rings. The Morgan fingerprint density at radius 2 is 1.68 bits per heavy atom. The highest BCUT2D eigenvalue weighted by atomic mass is 35.5. The molecule has 160 valence electrons. The van der Waals surface area contributed by atoms with Gasteiger partial charge in [0.25, 0.3) is 0 Å². The van der Waals surface area contributed by atoms with E-state index in [1.807, 2.05) is 48.5 Å². The molecular formula is C22H19Cl2N3O2S2. The van der Waals surface area contributed by atoms with Gasteiger partial charge in [-0.15, -0.1) is 11.8 Å². The number of rotatable bonds is 7. The maximum atomic E-state index is 12.3. The van der Waals surface area contributed by atoms with Crippen LogP contribution in [0.1, 0.15) is 0 Å². The van der Waals surface area contributed by atoms with Crippen molar-refractivity contribution in [3.8, 4) is 5.75 Å². The number of amides is 1. The van der Waals surface area contributed by atoms with Crippen LogP contribution in [-0.4, -0.2) is 23.9 Å². The minimum Gasteiger partial charge on any atom is -0.495 e. The summed E-state index contributed by atoms with van der Waals surface area (Å²) in [4.78, 5) is 13.2. The molecule has 0 aliphatic carbocycles. The summed E-state index contributed by atoms with van der Waals surface area (Å²) >= 11 is 18.7. The number of anilines is 3. The maximum Gasteiger partial charge on any atom is 0.234 e. The first-order chi connectivity index (χ1) is 14.9. The topological polar surface area (TPSA) is 62.4 Å². The first-order valence-electron chi connectivity index (χ1n) is 9.13. The number of nitrogens with one attached hydrogen (secondary N) is 3. The Kier molecular flexibility index (Phi) is 8.43. The zero-order valence-electron chi connectivity index (χ0n) is 16.4. The molecule has 9 heteroatoms. The quantitative estimate of drug-likeness (QED) is 0.257. The van der Waals surface area contributed by atoms with Crippen LogP contribution in [-0.2, 0) is 4.79 Å². The molecule has 0 bridgehead atoms. The third-order valence-electron chi connectivity index (χ3n) is 3.96. The van der Waals surface area contributed by atoms with Crippen molar-refractivity contribution in [2.75, 3.05) is 28.8 Å². The Morgan fingerprint density at radius 3 is 2.42 bits per heavy atom. The van der Waals surface area contributed by atoms with E-state index < -0.39 is 0 Å². The molecule has 3 aromatic carbocycles. The summed E-state index contributed by atoms with van der Waals surface area (Å²) in [5.74, 6) is 0.773. The van der Waals surface area contributed by atoms with Crippen molar-refractivity contribution in [3.05, 3.63) is 76.8 Å². The molecule has 0 fully saturated rings. The molecule has 3 rings (SSSR count). The number of benzene rings is 3. The van der Waals surface area contributed by atoms with E-state index >= 15 is 0 Å². The summed E-state index contributed by atoms with van der Waals surface area (Å²) < 4.78 is 5.32. The lowest BCUT2D eigenvalue weighted by molar-refractivity contribution is -0.113. The Morgan fingerprint density at radius 1 is 0.935 bits per heavy atom. The Labute approximate surface area is 200 Å². The summed E-state index contributed by atoms with van der Waals surface area (Å²) in [5, 5.41) is 10.4. The maximum absolute atomic E-state index is 12.3. The highest BCUT2D eigenvalue weighted by Crippen LogP contribution is 2.26. The molecule has 3 aromatic rings. The highest BCUT2D eigenvalue weighted by molar-refractivity contribution is 8.00. The second-order valence-electron chi connectivity index (χ2n) is 6.30. The number of thiocarbonyl (C=S) groups is 1. The van der Waals surface area contributed by atoms with Crippen LogP contribution in [0.2, 0.25) is 10.0 Å².